The van der Waals surface area contributed by atoms with Crippen LogP contribution in [0.5, 0.6) is 0 Å². The average molecular weight is 385 g/mol. The third-order valence-electron chi connectivity index (χ3n) is 6.03. The Hall–Kier alpha value is -1.36. The van der Waals surface area contributed by atoms with E-state index in [9.17, 15) is 4.39 Å². The zero-order valence-electron chi connectivity index (χ0n) is 16.1. The summed E-state index contributed by atoms with van der Waals surface area (Å²) in [6, 6.07) is 16.0. The van der Waals surface area contributed by atoms with Crippen LogP contribution in [0.2, 0.25) is 0 Å². The van der Waals surface area contributed by atoms with Gasteiger partial charge in [0.25, 0.3) is 0 Å². The molecule has 2 saturated heterocycles. The Kier molecular flexibility index (Phi) is 6.16. The highest BCUT2D eigenvalue weighted by atomic mass is 32.2. The number of halogens is 1. The van der Waals surface area contributed by atoms with Crippen LogP contribution in [0.15, 0.2) is 53.4 Å². The Morgan fingerprint density at radius 1 is 0.852 bits per heavy atom. The molecule has 2 nitrogen and oxygen atoms in total. The van der Waals surface area contributed by atoms with E-state index in [-0.39, 0.29) is 5.82 Å². The van der Waals surface area contributed by atoms with Crippen molar-refractivity contribution < 1.29 is 4.39 Å². The minimum atomic E-state index is -0.160. The highest BCUT2D eigenvalue weighted by molar-refractivity contribution is 7.97. The first-order valence-electron chi connectivity index (χ1n) is 10.2. The van der Waals surface area contributed by atoms with E-state index in [1.54, 1.807) is 6.07 Å². The first kappa shape index (κ1) is 19.0. The van der Waals surface area contributed by atoms with Gasteiger partial charge in [-0.3, -0.25) is 0 Å². The predicted octanol–water partition coefficient (Wildman–Crippen LogP) is 5.70. The number of nitrogens with zero attached hydrogens (tertiary/aromatic N) is 2. The number of likely N-dealkylation sites (tertiary alicyclic amines) is 1. The summed E-state index contributed by atoms with van der Waals surface area (Å²) in [5, 5.41) is 0. The SMILES string of the molecule is CC1CCN(C2CCN(Sc3ccc(-c4ccccc4F)cc3)CC2)CC1. The van der Waals surface area contributed by atoms with E-state index >= 15 is 0 Å². The molecule has 0 amide bonds. The van der Waals surface area contributed by atoms with Crippen LogP contribution in [0.4, 0.5) is 4.39 Å². The second-order valence-corrected chi connectivity index (χ2v) is 9.14. The van der Waals surface area contributed by atoms with E-state index in [1.807, 2.05) is 36.2 Å². The van der Waals surface area contributed by atoms with E-state index in [0.717, 1.165) is 30.6 Å². The zero-order valence-corrected chi connectivity index (χ0v) is 16.9. The molecule has 0 unspecified atom stereocenters. The van der Waals surface area contributed by atoms with E-state index in [4.69, 9.17) is 0 Å². The molecule has 2 fully saturated rings. The standard InChI is InChI=1S/C23H29FN2S/c1-18-10-14-25(15-11-18)20-12-16-26(17-13-20)27-21-8-6-19(7-9-21)22-4-2-3-5-23(22)24/h2-9,18,20H,10-17H2,1H3. The fourth-order valence-corrected chi connectivity index (χ4v) is 5.18. The number of piperidine rings is 2. The fourth-order valence-electron chi connectivity index (χ4n) is 4.23. The predicted molar refractivity (Wildman–Crippen MR) is 112 cm³/mol. The summed E-state index contributed by atoms with van der Waals surface area (Å²) in [4.78, 5) is 3.96. The molecule has 144 valence electrons. The van der Waals surface area contributed by atoms with E-state index in [2.05, 4.69) is 28.3 Å². The molecule has 27 heavy (non-hydrogen) atoms. The Morgan fingerprint density at radius 2 is 1.52 bits per heavy atom. The Bertz CT molecular complexity index is 732. The van der Waals surface area contributed by atoms with Crippen molar-refractivity contribution in [2.75, 3.05) is 26.2 Å². The van der Waals surface area contributed by atoms with Gasteiger partial charge in [0.2, 0.25) is 0 Å². The van der Waals surface area contributed by atoms with Gasteiger partial charge >= 0.3 is 0 Å². The molecule has 0 radical (unpaired) electrons. The van der Waals surface area contributed by atoms with Crippen molar-refractivity contribution in [1.82, 2.24) is 9.21 Å². The molecule has 0 spiro atoms. The topological polar surface area (TPSA) is 6.48 Å². The van der Waals surface area contributed by atoms with Gasteiger partial charge in [-0.1, -0.05) is 37.3 Å². The summed E-state index contributed by atoms with van der Waals surface area (Å²) in [6.07, 6.45) is 5.27. The zero-order chi connectivity index (χ0) is 18.6. The average Bonchev–Trinajstić information content (AvgIpc) is 2.70. The summed E-state index contributed by atoms with van der Waals surface area (Å²) in [7, 11) is 0. The van der Waals surface area contributed by atoms with Gasteiger partial charge in [0.1, 0.15) is 5.82 Å². The minimum Gasteiger partial charge on any atom is -0.300 e. The van der Waals surface area contributed by atoms with Crippen molar-refractivity contribution in [3.8, 4) is 11.1 Å². The van der Waals surface area contributed by atoms with Crippen LogP contribution in [-0.2, 0) is 0 Å². The lowest BCUT2D eigenvalue weighted by molar-refractivity contribution is 0.103. The van der Waals surface area contributed by atoms with Crippen molar-refractivity contribution in [1.29, 1.82) is 0 Å². The molecule has 0 saturated carbocycles. The monoisotopic (exact) mass is 384 g/mol. The maximum atomic E-state index is 13.9. The van der Waals surface area contributed by atoms with Crippen LogP contribution in [0, 0.1) is 11.7 Å². The van der Waals surface area contributed by atoms with Gasteiger partial charge in [0, 0.05) is 29.6 Å². The Labute approximate surface area is 166 Å². The van der Waals surface area contributed by atoms with Gasteiger partial charge < -0.3 is 4.90 Å². The smallest absolute Gasteiger partial charge is 0.131 e. The van der Waals surface area contributed by atoms with E-state index in [1.165, 1.54) is 49.7 Å². The maximum Gasteiger partial charge on any atom is 0.131 e. The molecule has 0 aliphatic carbocycles. The van der Waals surface area contributed by atoms with Crippen LogP contribution in [0.1, 0.15) is 32.6 Å². The first-order valence-corrected chi connectivity index (χ1v) is 11.0. The number of benzene rings is 2. The molecule has 2 aromatic carbocycles. The molecule has 2 heterocycles. The highest BCUT2D eigenvalue weighted by Crippen LogP contribution is 2.31. The van der Waals surface area contributed by atoms with E-state index in [0.29, 0.717) is 5.56 Å². The Morgan fingerprint density at radius 3 is 2.19 bits per heavy atom. The molecule has 0 atom stereocenters. The summed E-state index contributed by atoms with van der Waals surface area (Å²) in [6.45, 7) is 7.26. The van der Waals surface area contributed by atoms with Crippen LogP contribution in [0.25, 0.3) is 11.1 Å². The van der Waals surface area contributed by atoms with Gasteiger partial charge in [-0.25, -0.2) is 8.70 Å². The minimum absolute atomic E-state index is 0.160. The third kappa shape index (κ3) is 4.74. The largest absolute Gasteiger partial charge is 0.300 e. The quantitative estimate of drug-likeness (QED) is 0.625. The second kappa shape index (κ2) is 8.76. The van der Waals surface area contributed by atoms with E-state index < -0.39 is 0 Å². The van der Waals surface area contributed by atoms with Crippen molar-refractivity contribution in [2.24, 2.45) is 5.92 Å². The van der Waals surface area contributed by atoms with Crippen LogP contribution in [-0.4, -0.2) is 41.4 Å². The van der Waals surface area contributed by atoms with Crippen molar-refractivity contribution in [2.45, 2.75) is 43.5 Å². The summed E-state index contributed by atoms with van der Waals surface area (Å²) < 4.78 is 16.4. The van der Waals surface area contributed by atoms with Crippen molar-refractivity contribution >= 4 is 11.9 Å². The number of hydrogen-bond acceptors (Lipinski definition) is 3. The molecule has 4 heteroatoms. The van der Waals surface area contributed by atoms with Crippen LogP contribution < -0.4 is 0 Å². The summed E-state index contributed by atoms with van der Waals surface area (Å²) in [5.74, 6) is 0.747. The third-order valence-corrected chi connectivity index (χ3v) is 7.14. The Balaban J connectivity index is 1.30. The molecule has 0 aromatic heterocycles. The molecule has 4 rings (SSSR count). The number of hydrogen-bond donors (Lipinski definition) is 0. The lowest BCUT2D eigenvalue weighted by Crippen LogP contribution is -2.46. The first-order chi connectivity index (χ1) is 13.2. The van der Waals surface area contributed by atoms with Gasteiger partial charge in [0.05, 0.1) is 0 Å². The summed E-state index contributed by atoms with van der Waals surface area (Å²) >= 11 is 1.84. The highest BCUT2D eigenvalue weighted by Gasteiger charge is 2.27. The molecule has 0 N–H and O–H groups in total. The van der Waals surface area contributed by atoms with Crippen molar-refractivity contribution in [3.05, 3.63) is 54.3 Å². The van der Waals surface area contributed by atoms with Gasteiger partial charge in [-0.2, -0.15) is 0 Å². The number of rotatable bonds is 4. The van der Waals surface area contributed by atoms with Gasteiger partial charge in [0.15, 0.2) is 0 Å². The normalized spacial score (nSPS) is 20.8. The molecule has 2 aromatic rings. The fraction of sp³-hybridized carbons (Fsp3) is 0.478. The van der Waals surface area contributed by atoms with Crippen LogP contribution in [0.3, 0.4) is 0 Å². The lowest BCUT2D eigenvalue weighted by atomic mass is 9.95. The molecular formula is C23H29FN2S. The van der Waals surface area contributed by atoms with Gasteiger partial charge in [-0.15, -0.1) is 0 Å². The summed E-state index contributed by atoms with van der Waals surface area (Å²) in [5.41, 5.74) is 1.61. The van der Waals surface area contributed by atoms with Crippen LogP contribution >= 0.6 is 11.9 Å². The molecular weight excluding hydrogens is 355 g/mol. The van der Waals surface area contributed by atoms with Crippen molar-refractivity contribution in [3.63, 3.8) is 0 Å². The molecule has 2 aliphatic rings. The van der Waals surface area contributed by atoms with Gasteiger partial charge in [-0.05, 0) is 80.4 Å². The lowest BCUT2D eigenvalue weighted by Gasteiger charge is -2.41. The molecule has 0 bridgehead atoms. The maximum absolute atomic E-state index is 13.9. The second-order valence-electron chi connectivity index (χ2n) is 7.97. The molecule has 2 aliphatic heterocycles.